The van der Waals surface area contributed by atoms with Crippen molar-refractivity contribution in [3.63, 3.8) is 0 Å². The van der Waals surface area contributed by atoms with Gasteiger partial charge < -0.3 is 9.64 Å². The van der Waals surface area contributed by atoms with E-state index in [1.165, 1.54) is 26.5 Å². The Kier molecular flexibility index (Phi) is 4.82. The van der Waals surface area contributed by atoms with E-state index in [-0.39, 0.29) is 5.97 Å². The molecule has 1 rings (SSSR count). The summed E-state index contributed by atoms with van der Waals surface area (Å²) in [4.78, 5) is 13.6. The number of hydrogen-bond donors (Lipinski definition) is 0. The van der Waals surface area contributed by atoms with Crippen LogP contribution in [0.1, 0.15) is 26.2 Å². The van der Waals surface area contributed by atoms with E-state index in [2.05, 4.69) is 23.1 Å². The Hall–Kier alpha value is -0.830. The molecule has 1 heterocycles. The largest absolute Gasteiger partial charge is 0.466 e. The highest BCUT2D eigenvalue weighted by Crippen LogP contribution is 2.22. The summed E-state index contributed by atoms with van der Waals surface area (Å²) < 4.78 is 4.65. The van der Waals surface area contributed by atoms with Crippen molar-refractivity contribution in [2.75, 3.05) is 26.7 Å². The maximum absolute atomic E-state index is 11.2. The molecule has 0 aromatic heterocycles. The summed E-state index contributed by atoms with van der Waals surface area (Å²) in [6.45, 7) is 9.34. The first kappa shape index (κ1) is 12.2. The molecule has 86 valence electrons. The number of likely N-dealkylation sites (tertiary alicyclic amines) is 1. The smallest absolute Gasteiger partial charge is 0.333 e. The average molecular weight is 211 g/mol. The van der Waals surface area contributed by atoms with Crippen LogP contribution in [0.5, 0.6) is 0 Å². The zero-order valence-electron chi connectivity index (χ0n) is 9.79. The van der Waals surface area contributed by atoms with Crippen molar-refractivity contribution in [2.24, 2.45) is 5.92 Å². The molecule has 1 fully saturated rings. The van der Waals surface area contributed by atoms with Crippen LogP contribution < -0.4 is 0 Å². The van der Waals surface area contributed by atoms with E-state index in [1.807, 2.05) is 0 Å². The molecule has 1 saturated heterocycles. The lowest BCUT2D eigenvalue weighted by atomic mass is 9.92. The van der Waals surface area contributed by atoms with Crippen LogP contribution in [0.15, 0.2) is 12.2 Å². The van der Waals surface area contributed by atoms with E-state index < -0.39 is 0 Å². The van der Waals surface area contributed by atoms with Crippen molar-refractivity contribution < 1.29 is 9.53 Å². The SMILES string of the molecule is C=C(CC1CCCN(CC)C1)C(=O)OC. The minimum Gasteiger partial charge on any atom is -0.466 e. The van der Waals surface area contributed by atoms with Crippen molar-refractivity contribution in [3.8, 4) is 0 Å². The molecule has 15 heavy (non-hydrogen) atoms. The predicted octanol–water partition coefficient (Wildman–Crippen LogP) is 1.84. The molecule has 1 unspecified atom stereocenters. The summed E-state index contributed by atoms with van der Waals surface area (Å²) in [6, 6.07) is 0. The maximum Gasteiger partial charge on any atom is 0.333 e. The van der Waals surface area contributed by atoms with Crippen LogP contribution in [-0.2, 0) is 9.53 Å². The molecule has 0 saturated carbocycles. The highest BCUT2D eigenvalue weighted by Gasteiger charge is 2.21. The Labute approximate surface area is 92.1 Å². The lowest BCUT2D eigenvalue weighted by Crippen LogP contribution is -2.35. The van der Waals surface area contributed by atoms with E-state index in [0.29, 0.717) is 11.5 Å². The summed E-state index contributed by atoms with van der Waals surface area (Å²) in [5.74, 6) is 0.314. The molecule has 0 aliphatic carbocycles. The van der Waals surface area contributed by atoms with Gasteiger partial charge in [0, 0.05) is 12.1 Å². The van der Waals surface area contributed by atoms with Gasteiger partial charge in [0.25, 0.3) is 0 Å². The fraction of sp³-hybridized carbons (Fsp3) is 0.750. The number of piperidine rings is 1. The maximum atomic E-state index is 11.2. The molecule has 0 aromatic rings. The van der Waals surface area contributed by atoms with Crippen LogP contribution in [0, 0.1) is 5.92 Å². The lowest BCUT2D eigenvalue weighted by molar-refractivity contribution is -0.136. The van der Waals surface area contributed by atoms with Gasteiger partial charge in [-0.1, -0.05) is 13.5 Å². The second-order valence-electron chi connectivity index (χ2n) is 4.20. The van der Waals surface area contributed by atoms with Crippen molar-refractivity contribution >= 4 is 5.97 Å². The highest BCUT2D eigenvalue weighted by atomic mass is 16.5. The normalized spacial score (nSPS) is 22.4. The van der Waals surface area contributed by atoms with Gasteiger partial charge in [0.15, 0.2) is 0 Å². The number of ether oxygens (including phenoxy) is 1. The standard InChI is InChI=1S/C12H21NO2/c1-4-13-7-5-6-11(9-13)8-10(2)12(14)15-3/h11H,2,4-9H2,1,3H3. The predicted molar refractivity (Wildman–Crippen MR) is 60.6 cm³/mol. The number of hydrogen-bond acceptors (Lipinski definition) is 3. The highest BCUT2D eigenvalue weighted by molar-refractivity contribution is 5.87. The molecule has 1 aliphatic heterocycles. The number of carbonyl (C=O) groups is 1. The Morgan fingerprint density at radius 3 is 2.93 bits per heavy atom. The number of esters is 1. The molecule has 0 amide bonds. The zero-order chi connectivity index (χ0) is 11.3. The van der Waals surface area contributed by atoms with E-state index in [0.717, 1.165) is 19.5 Å². The molecule has 0 spiro atoms. The monoisotopic (exact) mass is 211 g/mol. The minimum atomic E-state index is -0.261. The molecule has 1 atom stereocenters. The molecule has 0 radical (unpaired) electrons. The van der Waals surface area contributed by atoms with Gasteiger partial charge in [-0.05, 0) is 38.3 Å². The van der Waals surface area contributed by atoms with Gasteiger partial charge in [-0.25, -0.2) is 4.79 Å². The molecular weight excluding hydrogens is 190 g/mol. The molecule has 1 aliphatic rings. The molecule has 0 N–H and O–H groups in total. The topological polar surface area (TPSA) is 29.5 Å². The van der Waals surface area contributed by atoms with Crippen molar-refractivity contribution in [3.05, 3.63) is 12.2 Å². The van der Waals surface area contributed by atoms with Gasteiger partial charge in [-0.2, -0.15) is 0 Å². The molecule has 0 bridgehead atoms. The Bertz CT molecular complexity index is 238. The lowest BCUT2D eigenvalue weighted by Gasteiger charge is -2.31. The van der Waals surface area contributed by atoms with Crippen LogP contribution in [0.3, 0.4) is 0 Å². The minimum absolute atomic E-state index is 0.261. The number of methoxy groups -OCH3 is 1. The van der Waals surface area contributed by atoms with Crippen LogP contribution in [-0.4, -0.2) is 37.6 Å². The van der Waals surface area contributed by atoms with Crippen LogP contribution in [0.4, 0.5) is 0 Å². The van der Waals surface area contributed by atoms with E-state index in [4.69, 9.17) is 0 Å². The first-order valence-corrected chi connectivity index (χ1v) is 5.65. The first-order chi connectivity index (χ1) is 7.17. The van der Waals surface area contributed by atoms with Gasteiger partial charge >= 0.3 is 5.97 Å². The average Bonchev–Trinajstić information content (AvgIpc) is 2.28. The second kappa shape index (κ2) is 5.91. The molecular formula is C12H21NO2. The molecule has 3 nitrogen and oxygen atoms in total. The van der Waals surface area contributed by atoms with Crippen LogP contribution >= 0.6 is 0 Å². The van der Waals surface area contributed by atoms with E-state index in [9.17, 15) is 4.79 Å². The van der Waals surface area contributed by atoms with Crippen molar-refractivity contribution in [1.29, 1.82) is 0 Å². The Morgan fingerprint density at radius 2 is 2.33 bits per heavy atom. The van der Waals surface area contributed by atoms with E-state index in [1.54, 1.807) is 0 Å². The van der Waals surface area contributed by atoms with Crippen LogP contribution in [0.25, 0.3) is 0 Å². The zero-order valence-corrected chi connectivity index (χ0v) is 9.79. The summed E-state index contributed by atoms with van der Waals surface area (Å²) >= 11 is 0. The van der Waals surface area contributed by atoms with Gasteiger partial charge in [-0.3, -0.25) is 0 Å². The van der Waals surface area contributed by atoms with Crippen molar-refractivity contribution in [2.45, 2.75) is 26.2 Å². The van der Waals surface area contributed by atoms with Gasteiger partial charge in [0.1, 0.15) is 0 Å². The third-order valence-electron chi connectivity index (χ3n) is 3.06. The third-order valence-corrected chi connectivity index (χ3v) is 3.06. The number of nitrogens with zero attached hydrogens (tertiary/aromatic N) is 1. The summed E-state index contributed by atoms with van der Waals surface area (Å²) in [6.07, 6.45) is 3.21. The van der Waals surface area contributed by atoms with Gasteiger partial charge in [0.2, 0.25) is 0 Å². The Morgan fingerprint density at radius 1 is 1.60 bits per heavy atom. The first-order valence-electron chi connectivity index (χ1n) is 5.65. The third kappa shape index (κ3) is 3.67. The summed E-state index contributed by atoms with van der Waals surface area (Å²) in [7, 11) is 1.41. The van der Waals surface area contributed by atoms with Gasteiger partial charge in [-0.15, -0.1) is 0 Å². The van der Waals surface area contributed by atoms with Crippen LogP contribution in [0.2, 0.25) is 0 Å². The fourth-order valence-electron chi connectivity index (χ4n) is 2.18. The summed E-state index contributed by atoms with van der Waals surface area (Å²) in [5, 5.41) is 0. The number of carbonyl (C=O) groups excluding carboxylic acids is 1. The Balaban J connectivity index is 2.37. The molecule has 0 aromatic carbocycles. The summed E-state index contributed by atoms with van der Waals surface area (Å²) in [5.41, 5.74) is 0.612. The second-order valence-corrected chi connectivity index (χ2v) is 4.20. The van der Waals surface area contributed by atoms with E-state index >= 15 is 0 Å². The quantitative estimate of drug-likeness (QED) is 0.525. The van der Waals surface area contributed by atoms with Gasteiger partial charge in [0.05, 0.1) is 7.11 Å². The fourth-order valence-corrected chi connectivity index (χ4v) is 2.18. The molecule has 3 heteroatoms. The van der Waals surface area contributed by atoms with Crippen molar-refractivity contribution in [1.82, 2.24) is 4.90 Å². The number of rotatable bonds is 4.